The highest BCUT2D eigenvalue weighted by atomic mass is 32.1. The van der Waals surface area contributed by atoms with E-state index in [0.29, 0.717) is 16.6 Å². The van der Waals surface area contributed by atoms with Gasteiger partial charge in [0.1, 0.15) is 17.0 Å². The second-order valence-corrected chi connectivity index (χ2v) is 4.59. The Morgan fingerprint density at radius 3 is 3.11 bits per heavy atom. The molecule has 2 rings (SSSR count). The van der Waals surface area contributed by atoms with Crippen LogP contribution < -0.4 is 5.32 Å². The molecule has 7 nitrogen and oxygen atoms in total. The minimum Gasteiger partial charge on any atom is -0.465 e. The Hall–Kier alpha value is -1.96. The maximum atomic E-state index is 11.2. The molecule has 2 aromatic heterocycles. The molecule has 1 N–H and O–H groups in total. The lowest BCUT2D eigenvalue weighted by molar-refractivity contribution is 0.0606. The first-order valence-electron chi connectivity index (χ1n) is 5.31. The van der Waals surface area contributed by atoms with Crippen molar-refractivity contribution in [3.8, 4) is 0 Å². The van der Waals surface area contributed by atoms with E-state index in [1.807, 2.05) is 11.6 Å². The van der Waals surface area contributed by atoms with Gasteiger partial charge in [0, 0.05) is 20.0 Å². The first-order valence-corrected chi connectivity index (χ1v) is 6.13. The average molecular weight is 267 g/mol. The number of nitrogens with one attached hydrogen (secondary N) is 1. The van der Waals surface area contributed by atoms with Crippen LogP contribution in [0.15, 0.2) is 12.5 Å². The Kier molecular flexibility index (Phi) is 3.88. The van der Waals surface area contributed by atoms with Crippen LogP contribution >= 0.6 is 11.3 Å². The summed E-state index contributed by atoms with van der Waals surface area (Å²) in [5.74, 6) is 0.529. The molecule has 0 aliphatic carbocycles. The second kappa shape index (κ2) is 5.58. The molecule has 0 unspecified atom stereocenters. The summed E-state index contributed by atoms with van der Waals surface area (Å²) in [6, 6.07) is 0. The number of hydrogen-bond acceptors (Lipinski definition) is 7. The number of nitrogens with zero attached hydrogens (tertiary/aromatic N) is 4. The van der Waals surface area contributed by atoms with Crippen LogP contribution in [-0.2, 0) is 18.2 Å². The van der Waals surface area contributed by atoms with Crippen LogP contribution in [0.25, 0.3) is 0 Å². The normalized spacial score (nSPS) is 10.3. The fraction of sp³-hybridized carbons (Fsp3) is 0.400. The van der Waals surface area contributed by atoms with Gasteiger partial charge in [0.05, 0.1) is 13.3 Å². The molecule has 0 spiro atoms. The minimum atomic E-state index is -0.367. The van der Waals surface area contributed by atoms with Crippen molar-refractivity contribution in [1.82, 2.24) is 19.7 Å². The summed E-state index contributed by atoms with van der Waals surface area (Å²) in [5, 5.41) is 11.6. The van der Waals surface area contributed by atoms with Crippen LogP contribution in [0.5, 0.6) is 0 Å². The van der Waals surface area contributed by atoms with E-state index >= 15 is 0 Å². The molecule has 0 saturated carbocycles. The number of thiazole rings is 1. The number of anilines is 1. The molecular formula is C10H13N5O2S. The summed E-state index contributed by atoms with van der Waals surface area (Å²) in [6.07, 6.45) is 3.90. The molecule has 0 aliphatic heterocycles. The summed E-state index contributed by atoms with van der Waals surface area (Å²) in [6.45, 7) is 0.681. The van der Waals surface area contributed by atoms with Crippen LogP contribution in [-0.4, -0.2) is 39.4 Å². The molecule has 0 saturated heterocycles. The first-order chi connectivity index (χ1) is 8.70. The van der Waals surface area contributed by atoms with Crippen molar-refractivity contribution in [2.24, 2.45) is 7.05 Å². The molecule has 18 heavy (non-hydrogen) atoms. The van der Waals surface area contributed by atoms with Crippen LogP contribution in [0.4, 0.5) is 5.13 Å². The van der Waals surface area contributed by atoms with Crippen molar-refractivity contribution in [2.75, 3.05) is 19.0 Å². The van der Waals surface area contributed by atoms with Crippen LogP contribution in [0.1, 0.15) is 15.5 Å². The van der Waals surface area contributed by atoms with Crippen molar-refractivity contribution in [1.29, 1.82) is 0 Å². The molecule has 0 bridgehead atoms. The summed E-state index contributed by atoms with van der Waals surface area (Å²) in [4.78, 5) is 15.8. The van der Waals surface area contributed by atoms with Crippen molar-refractivity contribution in [3.05, 3.63) is 23.2 Å². The predicted octanol–water partition coefficient (Wildman–Crippen LogP) is 0.713. The van der Waals surface area contributed by atoms with Crippen molar-refractivity contribution >= 4 is 22.4 Å². The van der Waals surface area contributed by atoms with Crippen LogP contribution in [0.2, 0.25) is 0 Å². The second-order valence-electron chi connectivity index (χ2n) is 3.56. The molecule has 96 valence electrons. The van der Waals surface area contributed by atoms with Crippen molar-refractivity contribution in [3.63, 3.8) is 0 Å². The maximum Gasteiger partial charge on any atom is 0.349 e. The minimum absolute atomic E-state index is 0.367. The number of methoxy groups -OCH3 is 1. The Morgan fingerprint density at radius 2 is 2.44 bits per heavy atom. The smallest absolute Gasteiger partial charge is 0.349 e. The third-order valence-corrected chi connectivity index (χ3v) is 3.26. The number of ether oxygens (including phenoxy) is 1. The van der Waals surface area contributed by atoms with Gasteiger partial charge in [-0.25, -0.2) is 9.78 Å². The molecule has 8 heteroatoms. The molecule has 2 aromatic rings. The topological polar surface area (TPSA) is 81.9 Å². The SMILES string of the molecule is COC(=O)c1cnc(NCCc2nncn2C)s1. The number of esters is 1. The zero-order valence-corrected chi connectivity index (χ0v) is 10.9. The van der Waals surface area contributed by atoms with E-state index in [4.69, 9.17) is 0 Å². The van der Waals surface area contributed by atoms with Gasteiger partial charge < -0.3 is 14.6 Å². The van der Waals surface area contributed by atoms with Gasteiger partial charge in [0.2, 0.25) is 0 Å². The summed E-state index contributed by atoms with van der Waals surface area (Å²) in [5.41, 5.74) is 0. The molecule has 0 aromatic carbocycles. The van der Waals surface area contributed by atoms with Crippen LogP contribution in [0, 0.1) is 0 Å². The molecule has 0 fully saturated rings. The van der Waals surface area contributed by atoms with Gasteiger partial charge >= 0.3 is 5.97 Å². The number of hydrogen-bond donors (Lipinski definition) is 1. The summed E-state index contributed by atoms with van der Waals surface area (Å²) < 4.78 is 6.48. The Labute approximate surface area is 108 Å². The first kappa shape index (κ1) is 12.5. The van der Waals surface area contributed by atoms with E-state index in [1.54, 1.807) is 6.33 Å². The Morgan fingerprint density at radius 1 is 1.61 bits per heavy atom. The van der Waals surface area contributed by atoms with E-state index < -0.39 is 0 Å². The molecule has 0 aliphatic rings. The zero-order valence-electron chi connectivity index (χ0n) is 10.1. The van der Waals surface area contributed by atoms with Gasteiger partial charge in [-0.05, 0) is 0 Å². The van der Waals surface area contributed by atoms with Gasteiger partial charge in [-0.2, -0.15) is 0 Å². The highest BCUT2D eigenvalue weighted by Crippen LogP contribution is 2.18. The third-order valence-electron chi connectivity index (χ3n) is 2.32. The fourth-order valence-electron chi connectivity index (χ4n) is 1.37. The number of aryl methyl sites for hydroxylation is 1. The summed E-state index contributed by atoms with van der Waals surface area (Å²) >= 11 is 1.27. The highest BCUT2D eigenvalue weighted by molar-refractivity contribution is 7.17. The van der Waals surface area contributed by atoms with Gasteiger partial charge in [0.25, 0.3) is 0 Å². The largest absolute Gasteiger partial charge is 0.465 e. The zero-order chi connectivity index (χ0) is 13.0. The molecule has 0 radical (unpaired) electrons. The highest BCUT2D eigenvalue weighted by Gasteiger charge is 2.10. The molecule has 0 amide bonds. The standard InChI is InChI=1S/C10H13N5O2S/c1-15-6-13-14-8(15)3-4-11-10-12-5-7(18-10)9(16)17-2/h5-6H,3-4H2,1-2H3,(H,11,12). The average Bonchev–Trinajstić information content (AvgIpc) is 2.99. The lowest BCUT2D eigenvalue weighted by Crippen LogP contribution is -2.08. The number of rotatable bonds is 5. The third kappa shape index (κ3) is 2.83. The van der Waals surface area contributed by atoms with E-state index in [9.17, 15) is 4.79 Å². The summed E-state index contributed by atoms with van der Waals surface area (Å²) in [7, 11) is 3.25. The van der Waals surface area contributed by atoms with E-state index in [2.05, 4.69) is 25.2 Å². The van der Waals surface area contributed by atoms with Crippen molar-refractivity contribution in [2.45, 2.75) is 6.42 Å². The lowest BCUT2D eigenvalue weighted by Gasteiger charge is -2.01. The fourth-order valence-corrected chi connectivity index (χ4v) is 2.13. The Bertz CT molecular complexity index is 536. The van der Waals surface area contributed by atoms with Crippen molar-refractivity contribution < 1.29 is 9.53 Å². The lowest BCUT2D eigenvalue weighted by atomic mass is 10.4. The molecular weight excluding hydrogens is 254 g/mol. The maximum absolute atomic E-state index is 11.2. The van der Waals surface area contributed by atoms with Gasteiger partial charge in [-0.3, -0.25) is 0 Å². The predicted molar refractivity (Wildman–Crippen MR) is 66.7 cm³/mol. The van der Waals surface area contributed by atoms with E-state index in [-0.39, 0.29) is 5.97 Å². The van der Waals surface area contributed by atoms with Gasteiger partial charge in [-0.1, -0.05) is 11.3 Å². The molecule has 0 atom stereocenters. The Balaban J connectivity index is 1.85. The quantitative estimate of drug-likeness (QED) is 0.804. The van der Waals surface area contributed by atoms with E-state index in [0.717, 1.165) is 12.2 Å². The number of aromatic nitrogens is 4. The number of carbonyl (C=O) groups excluding carboxylic acids is 1. The van der Waals surface area contributed by atoms with E-state index in [1.165, 1.54) is 24.6 Å². The number of carbonyl (C=O) groups is 1. The van der Waals surface area contributed by atoms with Crippen LogP contribution in [0.3, 0.4) is 0 Å². The molecule has 2 heterocycles. The monoisotopic (exact) mass is 267 g/mol. The van der Waals surface area contributed by atoms with Gasteiger partial charge in [0.15, 0.2) is 5.13 Å². The van der Waals surface area contributed by atoms with Gasteiger partial charge in [-0.15, -0.1) is 10.2 Å².